The van der Waals surface area contributed by atoms with Gasteiger partial charge in [0.05, 0.1) is 7.11 Å². The third-order valence-electron chi connectivity index (χ3n) is 2.67. The molecule has 2 aromatic rings. The molecule has 0 saturated carbocycles. The maximum absolute atomic E-state index is 11.7. The molecule has 1 heterocycles. The zero-order valence-electron chi connectivity index (χ0n) is 12.0. The van der Waals surface area contributed by atoms with Crippen LogP contribution in [0.3, 0.4) is 0 Å². The van der Waals surface area contributed by atoms with Crippen LogP contribution in [0.4, 0.5) is 5.69 Å². The molecule has 0 fully saturated rings. The number of anilines is 1. The Morgan fingerprint density at radius 3 is 2.48 bits per heavy atom. The van der Waals surface area contributed by atoms with E-state index in [4.69, 9.17) is 15.2 Å². The number of methoxy groups -OCH3 is 1. The SMILES string of the molecule is COc1ccc(N)cc1Oc1ccc(C(=O)N(C)C)nn1. The first-order valence-corrected chi connectivity index (χ1v) is 6.18. The van der Waals surface area contributed by atoms with Crippen molar-refractivity contribution in [3.8, 4) is 17.4 Å². The molecule has 1 aromatic carbocycles. The quantitative estimate of drug-likeness (QED) is 0.859. The van der Waals surface area contributed by atoms with Gasteiger partial charge in [-0.25, -0.2) is 0 Å². The van der Waals surface area contributed by atoms with Crippen LogP contribution >= 0.6 is 0 Å². The number of amides is 1. The Hall–Kier alpha value is -2.83. The summed E-state index contributed by atoms with van der Waals surface area (Å²) in [7, 11) is 4.82. The monoisotopic (exact) mass is 288 g/mol. The third-order valence-corrected chi connectivity index (χ3v) is 2.67. The summed E-state index contributed by atoms with van der Waals surface area (Å²) in [5.74, 6) is 0.975. The van der Waals surface area contributed by atoms with Crippen LogP contribution in [0.15, 0.2) is 30.3 Å². The summed E-state index contributed by atoms with van der Waals surface area (Å²) in [5, 5.41) is 7.70. The van der Waals surface area contributed by atoms with Crippen LogP contribution in [-0.4, -0.2) is 42.2 Å². The fraction of sp³-hybridized carbons (Fsp3) is 0.214. The maximum Gasteiger partial charge on any atom is 0.273 e. The van der Waals surface area contributed by atoms with Gasteiger partial charge in [-0.05, 0) is 18.2 Å². The van der Waals surface area contributed by atoms with Crippen LogP contribution in [0, 0.1) is 0 Å². The van der Waals surface area contributed by atoms with Crippen molar-refractivity contribution in [1.82, 2.24) is 15.1 Å². The molecule has 0 bridgehead atoms. The minimum atomic E-state index is -0.226. The van der Waals surface area contributed by atoms with Crippen LogP contribution in [0.2, 0.25) is 0 Å². The molecule has 1 aromatic heterocycles. The molecule has 0 spiro atoms. The minimum Gasteiger partial charge on any atom is -0.493 e. The van der Waals surface area contributed by atoms with Gasteiger partial charge in [0.15, 0.2) is 17.2 Å². The number of nitrogens with two attached hydrogens (primary N) is 1. The summed E-state index contributed by atoms with van der Waals surface area (Å²) in [4.78, 5) is 13.1. The average Bonchev–Trinajstić information content (AvgIpc) is 2.47. The molecule has 0 aliphatic heterocycles. The number of ether oxygens (including phenoxy) is 2. The number of nitrogens with zero attached hydrogens (tertiary/aromatic N) is 3. The van der Waals surface area contributed by atoms with E-state index in [0.29, 0.717) is 17.2 Å². The zero-order valence-corrected chi connectivity index (χ0v) is 12.0. The molecule has 0 aliphatic carbocycles. The first-order chi connectivity index (χ1) is 10.0. The first kappa shape index (κ1) is 14.6. The van der Waals surface area contributed by atoms with Gasteiger partial charge >= 0.3 is 0 Å². The molecule has 110 valence electrons. The van der Waals surface area contributed by atoms with Crippen molar-refractivity contribution in [1.29, 1.82) is 0 Å². The van der Waals surface area contributed by atoms with Gasteiger partial charge in [-0.15, -0.1) is 10.2 Å². The van der Waals surface area contributed by atoms with E-state index in [1.807, 2.05) is 0 Å². The standard InChI is InChI=1S/C14H16N4O3/c1-18(2)14(19)10-5-7-13(17-16-10)21-12-8-9(15)4-6-11(12)20-3/h4-8H,15H2,1-3H3. The fourth-order valence-electron chi connectivity index (χ4n) is 1.60. The predicted molar refractivity (Wildman–Crippen MR) is 77.5 cm³/mol. The van der Waals surface area contributed by atoms with E-state index in [-0.39, 0.29) is 17.5 Å². The number of carbonyl (C=O) groups is 1. The van der Waals surface area contributed by atoms with Gasteiger partial charge in [0.2, 0.25) is 5.88 Å². The summed E-state index contributed by atoms with van der Waals surface area (Å²) in [6.07, 6.45) is 0. The number of aromatic nitrogens is 2. The van der Waals surface area contributed by atoms with Gasteiger partial charge in [-0.3, -0.25) is 4.79 Å². The number of hydrogen-bond acceptors (Lipinski definition) is 6. The number of rotatable bonds is 4. The van der Waals surface area contributed by atoms with Crippen molar-refractivity contribution in [2.45, 2.75) is 0 Å². The van der Waals surface area contributed by atoms with Crippen molar-refractivity contribution < 1.29 is 14.3 Å². The predicted octanol–water partition coefficient (Wildman–Crippen LogP) is 1.56. The van der Waals surface area contributed by atoms with Gasteiger partial charge in [0.25, 0.3) is 5.91 Å². The van der Waals surface area contributed by atoms with E-state index in [1.54, 1.807) is 44.4 Å². The van der Waals surface area contributed by atoms with Gasteiger partial charge in [0.1, 0.15) is 0 Å². The third kappa shape index (κ3) is 3.38. The molecule has 0 unspecified atom stereocenters. The van der Waals surface area contributed by atoms with Crippen LogP contribution in [0.25, 0.3) is 0 Å². The van der Waals surface area contributed by atoms with E-state index in [9.17, 15) is 4.79 Å². The van der Waals surface area contributed by atoms with Crippen molar-refractivity contribution >= 4 is 11.6 Å². The Labute approximate surface area is 122 Å². The Morgan fingerprint density at radius 2 is 1.90 bits per heavy atom. The lowest BCUT2D eigenvalue weighted by Gasteiger charge is -2.11. The lowest BCUT2D eigenvalue weighted by molar-refractivity contribution is 0.0820. The normalized spacial score (nSPS) is 10.0. The summed E-state index contributed by atoms with van der Waals surface area (Å²) in [5.41, 5.74) is 6.49. The zero-order chi connectivity index (χ0) is 15.4. The summed E-state index contributed by atoms with van der Waals surface area (Å²) >= 11 is 0. The Morgan fingerprint density at radius 1 is 1.14 bits per heavy atom. The first-order valence-electron chi connectivity index (χ1n) is 6.18. The van der Waals surface area contributed by atoms with Crippen LogP contribution in [0.1, 0.15) is 10.5 Å². The molecule has 2 rings (SSSR count). The van der Waals surface area contributed by atoms with Gasteiger partial charge in [-0.2, -0.15) is 0 Å². The van der Waals surface area contributed by atoms with E-state index in [2.05, 4.69) is 10.2 Å². The highest BCUT2D eigenvalue weighted by molar-refractivity contribution is 5.91. The van der Waals surface area contributed by atoms with Crippen molar-refractivity contribution in [2.75, 3.05) is 26.9 Å². The summed E-state index contributed by atoms with van der Waals surface area (Å²) in [6.45, 7) is 0. The van der Waals surface area contributed by atoms with Gasteiger partial charge in [0, 0.05) is 31.9 Å². The molecule has 0 atom stereocenters. The molecule has 0 saturated heterocycles. The Bertz CT molecular complexity index is 641. The Kier molecular flexibility index (Phi) is 4.22. The molecule has 7 nitrogen and oxygen atoms in total. The largest absolute Gasteiger partial charge is 0.493 e. The second-order valence-corrected chi connectivity index (χ2v) is 4.47. The number of benzene rings is 1. The molecular weight excluding hydrogens is 272 g/mol. The number of carbonyl (C=O) groups excluding carboxylic acids is 1. The fourth-order valence-corrected chi connectivity index (χ4v) is 1.60. The van der Waals surface area contributed by atoms with E-state index >= 15 is 0 Å². The smallest absolute Gasteiger partial charge is 0.273 e. The van der Waals surface area contributed by atoms with Crippen molar-refractivity contribution in [2.24, 2.45) is 0 Å². The van der Waals surface area contributed by atoms with Gasteiger partial charge < -0.3 is 20.1 Å². The summed E-state index contributed by atoms with van der Waals surface area (Å²) < 4.78 is 10.7. The van der Waals surface area contributed by atoms with Crippen LogP contribution in [0.5, 0.6) is 17.4 Å². The molecule has 21 heavy (non-hydrogen) atoms. The molecule has 1 amide bonds. The number of hydrogen-bond donors (Lipinski definition) is 1. The van der Waals surface area contributed by atoms with Crippen LogP contribution in [-0.2, 0) is 0 Å². The lowest BCUT2D eigenvalue weighted by Crippen LogP contribution is -2.23. The van der Waals surface area contributed by atoms with Crippen molar-refractivity contribution in [3.63, 3.8) is 0 Å². The molecular formula is C14H16N4O3. The Balaban J connectivity index is 2.21. The topological polar surface area (TPSA) is 90.6 Å². The van der Waals surface area contributed by atoms with Gasteiger partial charge in [-0.1, -0.05) is 0 Å². The average molecular weight is 288 g/mol. The summed E-state index contributed by atoms with van der Waals surface area (Å²) in [6, 6.07) is 8.13. The highest BCUT2D eigenvalue weighted by Crippen LogP contribution is 2.32. The maximum atomic E-state index is 11.7. The second kappa shape index (κ2) is 6.08. The van der Waals surface area contributed by atoms with E-state index < -0.39 is 0 Å². The molecule has 2 N–H and O–H groups in total. The molecule has 7 heteroatoms. The minimum absolute atomic E-state index is 0.226. The highest BCUT2D eigenvalue weighted by Gasteiger charge is 2.12. The second-order valence-electron chi connectivity index (χ2n) is 4.47. The molecule has 0 radical (unpaired) electrons. The lowest BCUT2D eigenvalue weighted by atomic mass is 10.3. The van der Waals surface area contributed by atoms with Crippen molar-refractivity contribution in [3.05, 3.63) is 36.0 Å². The molecule has 0 aliphatic rings. The van der Waals surface area contributed by atoms with E-state index in [1.165, 1.54) is 12.0 Å². The number of nitrogen functional groups attached to an aromatic ring is 1. The van der Waals surface area contributed by atoms with Crippen LogP contribution < -0.4 is 15.2 Å². The van der Waals surface area contributed by atoms with E-state index in [0.717, 1.165) is 0 Å². The highest BCUT2D eigenvalue weighted by atomic mass is 16.5.